The van der Waals surface area contributed by atoms with Crippen LogP contribution in [0.25, 0.3) is 0 Å². The number of para-hydroxylation sites is 2. The topological polar surface area (TPSA) is 131 Å². The number of benzene rings is 3. The second-order valence-corrected chi connectivity index (χ2v) is 7.65. The van der Waals surface area contributed by atoms with E-state index in [9.17, 15) is 23.9 Å². The Morgan fingerprint density at radius 2 is 1.71 bits per heavy atom. The summed E-state index contributed by atoms with van der Waals surface area (Å²) < 4.78 is 19.4. The van der Waals surface area contributed by atoms with Crippen LogP contribution in [0.1, 0.15) is 28.9 Å². The zero-order chi connectivity index (χ0) is 25.4. The smallest absolute Gasteiger partial charge is 0.414 e. The molecule has 0 heterocycles. The van der Waals surface area contributed by atoms with Gasteiger partial charge in [0, 0.05) is 11.5 Å². The highest BCUT2D eigenvalue weighted by atomic mass is 19.1. The molecule has 9 heteroatoms. The molecule has 2 atom stereocenters. The van der Waals surface area contributed by atoms with Crippen LogP contribution < -0.4 is 16.4 Å². The number of alkyl carbamates (subject to hydrolysis) is 1. The Morgan fingerprint density at radius 1 is 1.03 bits per heavy atom. The molecular weight excluding hydrogens is 453 g/mol. The molecule has 0 saturated heterocycles. The van der Waals surface area contributed by atoms with E-state index in [0.717, 1.165) is 12.1 Å². The minimum absolute atomic E-state index is 0.215. The van der Waals surface area contributed by atoms with E-state index >= 15 is 0 Å². The molecule has 0 aliphatic rings. The maximum Gasteiger partial charge on any atom is 0.414 e. The van der Waals surface area contributed by atoms with Crippen LogP contribution in [-0.4, -0.2) is 23.0 Å². The van der Waals surface area contributed by atoms with Crippen LogP contribution in [0.2, 0.25) is 0 Å². The summed E-state index contributed by atoms with van der Waals surface area (Å²) in [5.41, 5.74) is 7.12. The minimum Gasteiger partial charge on any atom is -0.505 e. The number of ether oxygens (including phenoxy) is 1. The summed E-state index contributed by atoms with van der Waals surface area (Å²) in [5.74, 6) is -3.26. The molecule has 3 aromatic carbocycles. The molecule has 35 heavy (non-hydrogen) atoms. The average molecular weight is 477 g/mol. The van der Waals surface area contributed by atoms with Crippen molar-refractivity contribution in [3.05, 3.63) is 102 Å². The van der Waals surface area contributed by atoms with Gasteiger partial charge in [-0.25, -0.2) is 9.18 Å². The third-order valence-corrected chi connectivity index (χ3v) is 5.03. The highest BCUT2D eigenvalue weighted by Gasteiger charge is 2.25. The number of phenols is 1. The first kappa shape index (κ1) is 25.0. The predicted octanol–water partition coefficient (Wildman–Crippen LogP) is 4.55. The summed E-state index contributed by atoms with van der Waals surface area (Å²) >= 11 is 0. The quantitative estimate of drug-likeness (QED) is 0.292. The van der Waals surface area contributed by atoms with Crippen molar-refractivity contribution >= 4 is 29.3 Å². The monoisotopic (exact) mass is 477 g/mol. The molecule has 0 aliphatic carbocycles. The number of carbonyl (C=O) groups is 3. The molecule has 0 bridgehead atoms. The number of anilines is 2. The van der Waals surface area contributed by atoms with Gasteiger partial charge in [0.15, 0.2) is 11.6 Å². The highest BCUT2D eigenvalue weighted by molar-refractivity contribution is 6.03. The minimum atomic E-state index is -1.08. The van der Waals surface area contributed by atoms with Crippen molar-refractivity contribution in [2.75, 3.05) is 11.1 Å². The van der Waals surface area contributed by atoms with Gasteiger partial charge in [-0.3, -0.25) is 14.9 Å². The number of halogens is 1. The largest absolute Gasteiger partial charge is 0.505 e. The van der Waals surface area contributed by atoms with E-state index < -0.39 is 41.5 Å². The van der Waals surface area contributed by atoms with Crippen molar-refractivity contribution in [3.63, 3.8) is 0 Å². The van der Waals surface area contributed by atoms with E-state index in [1.807, 2.05) is 0 Å². The lowest BCUT2D eigenvalue weighted by Crippen LogP contribution is -2.33. The average Bonchev–Trinajstić information content (AvgIpc) is 2.85. The Bertz CT molecular complexity index is 1250. The van der Waals surface area contributed by atoms with Crippen molar-refractivity contribution in [2.45, 2.75) is 13.0 Å². The van der Waals surface area contributed by atoms with Crippen molar-refractivity contribution in [1.82, 2.24) is 5.32 Å². The van der Waals surface area contributed by atoms with Crippen molar-refractivity contribution in [1.29, 1.82) is 0 Å². The van der Waals surface area contributed by atoms with Crippen LogP contribution in [0.4, 0.5) is 20.6 Å². The van der Waals surface area contributed by atoms with Crippen LogP contribution in [0, 0.1) is 11.7 Å². The maximum absolute atomic E-state index is 14.0. The van der Waals surface area contributed by atoms with Gasteiger partial charge in [-0.15, -0.1) is 0 Å². The summed E-state index contributed by atoms with van der Waals surface area (Å²) in [5, 5.41) is 14.3. The number of nitrogens with two attached hydrogens (primary N) is 1. The number of nitrogen functional groups attached to an aromatic ring is 1. The number of hydrogen-bond acceptors (Lipinski definition) is 6. The number of imide groups is 1. The van der Waals surface area contributed by atoms with Crippen molar-refractivity contribution < 1.29 is 28.6 Å². The first-order chi connectivity index (χ1) is 16.7. The lowest BCUT2D eigenvalue weighted by Gasteiger charge is -2.23. The molecule has 0 saturated carbocycles. The Hall–Kier alpha value is -4.66. The van der Waals surface area contributed by atoms with Gasteiger partial charge in [0.1, 0.15) is 6.10 Å². The normalized spacial score (nSPS) is 12.5. The zero-order valence-electron chi connectivity index (χ0n) is 18.8. The lowest BCUT2D eigenvalue weighted by atomic mass is 9.96. The number of aromatic hydroxyl groups is 1. The molecule has 0 unspecified atom stereocenters. The fourth-order valence-corrected chi connectivity index (χ4v) is 3.20. The first-order valence-electron chi connectivity index (χ1n) is 10.6. The number of nitrogens with one attached hydrogen (secondary N) is 2. The van der Waals surface area contributed by atoms with E-state index in [4.69, 9.17) is 10.5 Å². The Morgan fingerprint density at radius 3 is 2.40 bits per heavy atom. The summed E-state index contributed by atoms with van der Waals surface area (Å²) in [6.45, 7) is 1.64. The van der Waals surface area contributed by atoms with E-state index in [-0.39, 0.29) is 11.1 Å². The molecule has 5 N–H and O–H groups in total. The number of rotatable bonds is 7. The standard InChI is InChI=1S/C26H24FN3O5/c1-16(11-14-23(32)29-21-10-6-5-9-20(21)28)24(18-12-13-22(31)19(27)15-18)35-26(34)30-25(33)17-7-3-2-4-8-17/h2-16,24,31H,28H2,1H3,(H,29,32)(H,30,33,34)/b14-11+/t16-,24+/m1/s1. The van der Waals surface area contributed by atoms with Crippen LogP contribution in [0.15, 0.2) is 84.9 Å². The van der Waals surface area contributed by atoms with Gasteiger partial charge in [0.25, 0.3) is 5.91 Å². The van der Waals surface area contributed by atoms with E-state index in [0.29, 0.717) is 11.4 Å². The number of phenolic OH excluding ortho intramolecular Hbond substituents is 1. The van der Waals surface area contributed by atoms with Gasteiger partial charge in [-0.05, 0) is 48.0 Å². The molecule has 0 radical (unpaired) electrons. The van der Waals surface area contributed by atoms with Gasteiger partial charge >= 0.3 is 6.09 Å². The number of amides is 3. The van der Waals surface area contributed by atoms with Crippen LogP contribution >= 0.6 is 0 Å². The molecule has 0 aliphatic heterocycles. The molecule has 180 valence electrons. The fourth-order valence-electron chi connectivity index (χ4n) is 3.20. The van der Waals surface area contributed by atoms with Gasteiger partial charge in [0.05, 0.1) is 11.4 Å². The molecule has 0 aromatic heterocycles. The fraction of sp³-hybridized carbons (Fsp3) is 0.115. The van der Waals surface area contributed by atoms with Crippen LogP contribution in [0.3, 0.4) is 0 Å². The van der Waals surface area contributed by atoms with E-state index in [1.165, 1.54) is 30.4 Å². The van der Waals surface area contributed by atoms with Crippen LogP contribution in [-0.2, 0) is 9.53 Å². The van der Waals surface area contributed by atoms with Gasteiger partial charge in [-0.1, -0.05) is 49.4 Å². The van der Waals surface area contributed by atoms with Gasteiger partial charge in [0.2, 0.25) is 5.91 Å². The summed E-state index contributed by atoms with van der Waals surface area (Å²) in [7, 11) is 0. The highest BCUT2D eigenvalue weighted by Crippen LogP contribution is 2.30. The van der Waals surface area contributed by atoms with Gasteiger partial charge < -0.3 is 20.9 Å². The molecule has 8 nitrogen and oxygen atoms in total. The molecule has 3 rings (SSSR count). The third-order valence-electron chi connectivity index (χ3n) is 5.03. The Balaban J connectivity index is 1.75. The van der Waals surface area contributed by atoms with Crippen molar-refractivity contribution in [2.24, 2.45) is 5.92 Å². The summed E-state index contributed by atoms with van der Waals surface area (Å²) in [4.78, 5) is 37.1. The molecule has 3 amide bonds. The number of carbonyl (C=O) groups excluding carboxylic acids is 3. The Labute approximate surface area is 201 Å². The summed E-state index contributed by atoms with van der Waals surface area (Å²) in [6, 6.07) is 18.3. The number of hydrogen-bond donors (Lipinski definition) is 4. The second-order valence-electron chi connectivity index (χ2n) is 7.65. The third kappa shape index (κ3) is 6.91. The second kappa shape index (κ2) is 11.5. The SMILES string of the molecule is C[C@H](/C=C/C(=O)Nc1ccccc1N)[C@H](OC(=O)NC(=O)c1ccccc1)c1ccc(O)c(F)c1. The van der Waals surface area contributed by atoms with Crippen molar-refractivity contribution in [3.8, 4) is 5.75 Å². The molecule has 0 spiro atoms. The predicted molar refractivity (Wildman–Crippen MR) is 129 cm³/mol. The molecular formula is C26H24FN3O5. The molecule has 3 aromatic rings. The zero-order valence-corrected chi connectivity index (χ0v) is 18.8. The first-order valence-corrected chi connectivity index (χ1v) is 10.6. The van der Waals surface area contributed by atoms with Gasteiger partial charge in [-0.2, -0.15) is 0 Å². The summed E-state index contributed by atoms with van der Waals surface area (Å²) in [6.07, 6.45) is 0.562. The van der Waals surface area contributed by atoms with E-state index in [2.05, 4.69) is 10.6 Å². The molecule has 0 fully saturated rings. The Kier molecular flexibility index (Phi) is 8.18. The van der Waals surface area contributed by atoms with E-state index in [1.54, 1.807) is 49.4 Å². The lowest BCUT2D eigenvalue weighted by molar-refractivity contribution is -0.111. The maximum atomic E-state index is 14.0. The van der Waals surface area contributed by atoms with Crippen LogP contribution in [0.5, 0.6) is 5.75 Å².